The number of Topliss-reactive ketones (excluding diaryl/α,β-unsaturated/α-hetero) is 1. The fourth-order valence-electron chi connectivity index (χ4n) is 7.12. The molecule has 50 heavy (non-hydrogen) atoms. The molecule has 0 spiro atoms. The number of aromatic nitrogens is 1. The number of cyclic esters (lactones) is 1. The molecule has 2 saturated carbocycles. The van der Waals surface area contributed by atoms with Gasteiger partial charge in [0.05, 0.1) is 42.2 Å². The van der Waals surface area contributed by atoms with Crippen LogP contribution in [0.2, 0.25) is 0 Å². The van der Waals surface area contributed by atoms with Gasteiger partial charge in [-0.2, -0.15) is 0 Å². The number of allylic oxidation sites excluding steroid dienone is 2. The third kappa shape index (κ3) is 7.63. The Hall–Kier alpha value is -3.33. The van der Waals surface area contributed by atoms with Crippen molar-refractivity contribution in [3.63, 3.8) is 0 Å². The lowest BCUT2D eigenvalue weighted by molar-refractivity contribution is -0.153. The second-order valence-electron chi connectivity index (χ2n) is 15.1. The van der Waals surface area contributed by atoms with Crippen LogP contribution in [-0.2, 0) is 33.9 Å². The molecule has 4 aliphatic rings. The average Bonchev–Trinajstić information content (AvgIpc) is 3.97. The maximum atomic E-state index is 14.5. The molecule has 1 N–H and O–H groups in total. The number of amides is 2. The number of carbonyl (C=O) groups is 4. The number of esters is 1. The van der Waals surface area contributed by atoms with Crippen LogP contribution in [-0.4, -0.2) is 72.4 Å². The van der Waals surface area contributed by atoms with Gasteiger partial charge in [0.25, 0.3) is 0 Å². The van der Waals surface area contributed by atoms with Crippen LogP contribution in [0.5, 0.6) is 5.88 Å². The molecule has 3 heterocycles. The van der Waals surface area contributed by atoms with Gasteiger partial charge in [0.15, 0.2) is 5.78 Å². The molecule has 2 aromatic rings. The van der Waals surface area contributed by atoms with Gasteiger partial charge in [-0.05, 0) is 89.8 Å². The van der Waals surface area contributed by atoms with Crippen molar-refractivity contribution in [1.29, 1.82) is 0 Å². The molecule has 2 aliphatic heterocycles. The number of pyridine rings is 1. The molecular formula is C37H44IN3O8S. The molecule has 1 saturated heterocycles. The summed E-state index contributed by atoms with van der Waals surface area (Å²) in [5.74, 6) is -2.75. The minimum atomic E-state index is -3.84. The molecule has 4 bridgehead atoms. The predicted octanol–water partition coefficient (Wildman–Crippen LogP) is 5.35. The van der Waals surface area contributed by atoms with Gasteiger partial charge in [0.1, 0.15) is 6.10 Å². The summed E-state index contributed by atoms with van der Waals surface area (Å²) in [5.41, 5.74) is -0.971. The summed E-state index contributed by atoms with van der Waals surface area (Å²) in [6, 6.07) is 5.01. The smallest absolute Gasteiger partial charge is 0.306 e. The molecule has 268 valence electrons. The topological polar surface area (TPSA) is 149 Å². The number of carbonyl (C=O) groups excluding carboxylic acids is 4. The number of halogens is 1. The van der Waals surface area contributed by atoms with Crippen molar-refractivity contribution in [3.8, 4) is 5.88 Å². The Morgan fingerprint density at radius 3 is 2.64 bits per heavy atom. The third-order valence-corrected chi connectivity index (χ3v) is 13.1. The largest absolute Gasteiger partial charge is 0.472 e. The first-order valence-corrected chi connectivity index (χ1v) is 19.8. The highest BCUT2D eigenvalue weighted by Gasteiger charge is 2.61. The second-order valence-corrected chi connectivity index (χ2v) is 18.2. The standard InChI is InChI=1S/C37H44IN3O8S/c1-5-23-19-37(23,35(45)40-50(46,47)25-10-11-25)20-31(42)30-17-24-21-41(30)34(44)28(36(2,3)4)18-32(43)48-14-8-6-7-9-22-15-27-26(29(38)16-22)12-13-39-33(27)49-24/h5,7,9,12-13,15-16,23-25,28,30H,1,6,8,10-11,14,17-21H2,2-4H3,(H,40,45)/b9-7+/t23-,24+,28+,30-,37+/m0/s1. The highest BCUT2D eigenvalue weighted by molar-refractivity contribution is 14.1. The molecule has 3 fully saturated rings. The monoisotopic (exact) mass is 817 g/mol. The summed E-state index contributed by atoms with van der Waals surface area (Å²) >= 11 is 2.28. The first kappa shape index (κ1) is 36.5. The molecule has 1 aromatic heterocycles. The maximum absolute atomic E-state index is 14.5. The molecule has 11 nitrogen and oxygen atoms in total. The molecule has 2 amide bonds. The Kier molecular flexibility index (Phi) is 10.2. The Bertz CT molecular complexity index is 1870. The van der Waals surface area contributed by atoms with E-state index in [0.717, 1.165) is 19.9 Å². The first-order chi connectivity index (χ1) is 23.6. The van der Waals surface area contributed by atoms with Gasteiger partial charge in [-0.25, -0.2) is 13.4 Å². The Morgan fingerprint density at radius 2 is 1.96 bits per heavy atom. The Labute approximate surface area is 306 Å². The third-order valence-electron chi connectivity index (χ3n) is 10.4. The molecule has 6 rings (SSSR count). The normalized spacial score (nSPS) is 28.3. The predicted molar refractivity (Wildman–Crippen MR) is 196 cm³/mol. The van der Waals surface area contributed by atoms with Crippen LogP contribution in [0.3, 0.4) is 0 Å². The minimum absolute atomic E-state index is 0.0613. The fraction of sp³-hybridized carbons (Fsp3) is 0.541. The van der Waals surface area contributed by atoms with E-state index in [2.05, 4.69) is 44.9 Å². The highest BCUT2D eigenvalue weighted by atomic mass is 127. The Balaban J connectivity index is 1.35. The van der Waals surface area contributed by atoms with Crippen LogP contribution in [0.1, 0.15) is 77.7 Å². The molecule has 1 aromatic carbocycles. The van der Waals surface area contributed by atoms with Crippen molar-refractivity contribution < 1.29 is 37.1 Å². The summed E-state index contributed by atoms with van der Waals surface area (Å²) in [6.45, 7) is 9.71. The lowest BCUT2D eigenvalue weighted by Gasteiger charge is -2.34. The molecule has 5 atom stereocenters. The van der Waals surface area contributed by atoms with Gasteiger partial charge in [-0.1, -0.05) is 39.0 Å². The molecule has 13 heteroatoms. The summed E-state index contributed by atoms with van der Waals surface area (Å²) in [7, 11) is -3.84. The average molecular weight is 818 g/mol. The van der Waals surface area contributed by atoms with Gasteiger partial charge in [-0.15, -0.1) is 6.58 Å². The number of rotatable bonds is 7. The number of sulfonamides is 1. The second kappa shape index (κ2) is 14.0. The number of benzene rings is 1. The van der Waals surface area contributed by atoms with Crippen molar-refractivity contribution in [2.24, 2.45) is 22.7 Å². The van der Waals surface area contributed by atoms with E-state index in [1.165, 1.54) is 4.90 Å². The van der Waals surface area contributed by atoms with E-state index in [-0.39, 0.29) is 56.4 Å². The molecule has 0 unspecified atom stereocenters. The number of nitrogens with zero attached hydrogens (tertiary/aromatic N) is 2. The van der Waals surface area contributed by atoms with E-state index < -0.39 is 56.0 Å². The van der Waals surface area contributed by atoms with Gasteiger partial charge in [0, 0.05) is 33.4 Å². The fourth-order valence-corrected chi connectivity index (χ4v) is 9.33. The van der Waals surface area contributed by atoms with E-state index in [1.54, 1.807) is 12.3 Å². The number of hydrogen-bond donors (Lipinski definition) is 1. The van der Waals surface area contributed by atoms with E-state index >= 15 is 0 Å². The number of nitrogens with one attached hydrogen (secondary N) is 1. The number of fused-ring (bicyclic) bond motifs is 3. The van der Waals surface area contributed by atoms with Crippen molar-refractivity contribution in [3.05, 3.63) is 52.3 Å². The molecule has 0 radical (unpaired) electrons. The van der Waals surface area contributed by atoms with Crippen LogP contribution in [0.25, 0.3) is 16.8 Å². The van der Waals surface area contributed by atoms with Crippen LogP contribution >= 0.6 is 22.6 Å². The summed E-state index contributed by atoms with van der Waals surface area (Å²) in [4.78, 5) is 61.5. The van der Waals surface area contributed by atoms with Crippen LogP contribution < -0.4 is 9.46 Å². The lowest BCUT2D eigenvalue weighted by atomic mass is 9.77. The van der Waals surface area contributed by atoms with Gasteiger partial charge in [0.2, 0.25) is 27.7 Å². The van der Waals surface area contributed by atoms with E-state index in [4.69, 9.17) is 9.47 Å². The SMILES string of the molecule is C=C[C@H]1C[C@]1(CC(=O)[C@@H]1C[C@@H]2CN1C(=O)[C@H](C(C)(C)C)CC(=O)OCCC/C=C/c1cc(I)c3ccnc(c3c1)O2)C(=O)NS(=O)(=O)C1CC1. The number of hydrogen-bond acceptors (Lipinski definition) is 9. The van der Waals surface area contributed by atoms with Crippen molar-refractivity contribution in [1.82, 2.24) is 14.6 Å². The molecular weight excluding hydrogens is 773 g/mol. The van der Waals surface area contributed by atoms with E-state index in [9.17, 15) is 27.6 Å². The number of ether oxygens (including phenoxy) is 2. The lowest BCUT2D eigenvalue weighted by Crippen LogP contribution is -2.48. The number of ketones is 1. The summed E-state index contributed by atoms with van der Waals surface area (Å²) in [6.07, 6.45) is 8.96. The quantitative estimate of drug-likeness (QED) is 0.222. The first-order valence-electron chi connectivity index (χ1n) is 17.2. The Morgan fingerprint density at radius 1 is 1.20 bits per heavy atom. The molecule has 2 aliphatic carbocycles. The van der Waals surface area contributed by atoms with Gasteiger partial charge in [-0.3, -0.25) is 23.9 Å². The van der Waals surface area contributed by atoms with E-state index in [1.807, 2.05) is 45.1 Å². The zero-order valence-electron chi connectivity index (χ0n) is 28.7. The summed E-state index contributed by atoms with van der Waals surface area (Å²) < 4.78 is 40.7. The zero-order chi connectivity index (χ0) is 36.0. The van der Waals surface area contributed by atoms with Crippen LogP contribution in [0.15, 0.2) is 43.1 Å². The zero-order valence-corrected chi connectivity index (χ0v) is 31.6. The minimum Gasteiger partial charge on any atom is -0.472 e. The van der Waals surface area contributed by atoms with Crippen molar-refractivity contribution >= 4 is 73.0 Å². The van der Waals surface area contributed by atoms with E-state index in [0.29, 0.717) is 31.6 Å². The summed E-state index contributed by atoms with van der Waals surface area (Å²) in [5, 5.41) is 1.16. The van der Waals surface area contributed by atoms with Crippen molar-refractivity contribution in [2.75, 3.05) is 13.2 Å². The maximum Gasteiger partial charge on any atom is 0.306 e. The van der Waals surface area contributed by atoms with Crippen LogP contribution in [0, 0.1) is 26.2 Å². The highest BCUT2D eigenvalue weighted by Crippen LogP contribution is 2.57. The van der Waals surface area contributed by atoms with Gasteiger partial charge < -0.3 is 14.4 Å². The van der Waals surface area contributed by atoms with Crippen molar-refractivity contribution in [2.45, 2.75) is 89.5 Å². The van der Waals surface area contributed by atoms with Gasteiger partial charge >= 0.3 is 5.97 Å². The van der Waals surface area contributed by atoms with Crippen LogP contribution in [0.4, 0.5) is 0 Å².